The van der Waals surface area contributed by atoms with Gasteiger partial charge in [0.05, 0.1) is 32.3 Å². The van der Waals surface area contributed by atoms with Crippen molar-refractivity contribution >= 4 is 11.6 Å². The molecule has 1 heterocycles. The smallest absolute Gasteiger partial charge is 0.201 e. The molecule has 1 spiro atoms. The summed E-state index contributed by atoms with van der Waals surface area (Å²) in [6.45, 7) is 0.640. The summed E-state index contributed by atoms with van der Waals surface area (Å²) in [5.41, 5.74) is -2.51. The Bertz CT molecular complexity index is 727. The first-order chi connectivity index (χ1) is 11.9. The van der Waals surface area contributed by atoms with Crippen LogP contribution in [0.2, 0.25) is 0 Å². The van der Waals surface area contributed by atoms with E-state index in [0.29, 0.717) is 31.6 Å². The zero-order valence-corrected chi connectivity index (χ0v) is 14.7. The third-order valence-corrected chi connectivity index (χ3v) is 6.95. The molecule has 0 aromatic heterocycles. The highest BCUT2D eigenvalue weighted by Gasteiger charge is 2.79. The zero-order chi connectivity index (χ0) is 18.0. The summed E-state index contributed by atoms with van der Waals surface area (Å²) in [7, 11) is 4.42. The predicted molar refractivity (Wildman–Crippen MR) is 86.2 cm³/mol. The Hall–Kier alpha value is -1.86. The van der Waals surface area contributed by atoms with E-state index in [1.807, 2.05) is 0 Å². The number of allylic oxidation sites excluding steroid dienone is 2. The summed E-state index contributed by atoms with van der Waals surface area (Å²) >= 11 is 0. The lowest BCUT2D eigenvalue weighted by Gasteiger charge is -2.51. The molecule has 0 amide bonds. The summed E-state index contributed by atoms with van der Waals surface area (Å²) in [5.74, 6) is 0.586. The van der Waals surface area contributed by atoms with E-state index in [-0.39, 0.29) is 29.5 Å². The van der Waals surface area contributed by atoms with Gasteiger partial charge in [-0.2, -0.15) is 0 Å². The van der Waals surface area contributed by atoms with E-state index in [4.69, 9.17) is 14.2 Å². The van der Waals surface area contributed by atoms with Crippen molar-refractivity contribution in [1.29, 1.82) is 0 Å². The van der Waals surface area contributed by atoms with Crippen molar-refractivity contribution in [3.63, 3.8) is 0 Å². The van der Waals surface area contributed by atoms with E-state index in [9.17, 15) is 14.7 Å². The molecule has 7 heteroatoms. The van der Waals surface area contributed by atoms with Crippen molar-refractivity contribution < 1.29 is 28.9 Å². The van der Waals surface area contributed by atoms with Crippen molar-refractivity contribution in [2.24, 2.45) is 10.8 Å². The van der Waals surface area contributed by atoms with Crippen molar-refractivity contribution in [1.82, 2.24) is 5.32 Å². The third kappa shape index (κ3) is 1.55. The number of ketones is 2. The van der Waals surface area contributed by atoms with Crippen molar-refractivity contribution in [2.75, 3.05) is 27.9 Å². The molecule has 4 aliphatic rings. The van der Waals surface area contributed by atoms with Crippen LogP contribution < -0.4 is 5.32 Å². The number of methoxy groups -OCH3 is 3. The second-order valence-corrected chi connectivity index (χ2v) is 7.32. The Balaban J connectivity index is 1.95. The number of rotatable bonds is 3. The molecule has 1 saturated heterocycles. The summed E-state index contributed by atoms with van der Waals surface area (Å²) in [6, 6.07) is 0. The Kier molecular flexibility index (Phi) is 3.37. The average molecular weight is 349 g/mol. The summed E-state index contributed by atoms with van der Waals surface area (Å²) in [5, 5.41) is 14.5. The lowest BCUT2D eigenvalue weighted by molar-refractivity contribution is -0.146. The molecule has 1 saturated carbocycles. The van der Waals surface area contributed by atoms with Crippen LogP contribution in [0.1, 0.15) is 25.7 Å². The number of aliphatic hydroxyl groups excluding tert-OH is 1. The van der Waals surface area contributed by atoms with Gasteiger partial charge >= 0.3 is 0 Å². The van der Waals surface area contributed by atoms with Crippen molar-refractivity contribution in [2.45, 2.75) is 37.3 Å². The molecule has 4 rings (SSSR count). The van der Waals surface area contributed by atoms with Gasteiger partial charge in [-0.05, 0) is 25.8 Å². The highest BCUT2D eigenvalue weighted by molar-refractivity contribution is 6.03. The van der Waals surface area contributed by atoms with Crippen LogP contribution in [0, 0.1) is 10.8 Å². The first-order valence-electron chi connectivity index (χ1n) is 8.53. The molecule has 2 fully saturated rings. The number of carbonyl (C=O) groups excluding carboxylic acids is 2. The van der Waals surface area contributed by atoms with Gasteiger partial charge in [0.1, 0.15) is 11.9 Å². The van der Waals surface area contributed by atoms with Gasteiger partial charge in [0.15, 0.2) is 11.5 Å². The van der Waals surface area contributed by atoms with E-state index in [1.54, 1.807) is 0 Å². The average Bonchev–Trinajstić information content (AvgIpc) is 3.18. The Labute approximate surface area is 146 Å². The lowest BCUT2D eigenvalue weighted by atomic mass is 9.52. The van der Waals surface area contributed by atoms with Crippen LogP contribution in [0.4, 0.5) is 0 Å². The van der Waals surface area contributed by atoms with Crippen LogP contribution in [0.5, 0.6) is 0 Å². The van der Waals surface area contributed by atoms with Gasteiger partial charge in [0.25, 0.3) is 0 Å². The minimum absolute atomic E-state index is 0.143. The maximum Gasteiger partial charge on any atom is 0.201 e. The van der Waals surface area contributed by atoms with Crippen LogP contribution in [0.3, 0.4) is 0 Å². The highest BCUT2D eigenvalue weighted by atomic mass is 16.5. The molecule has 0 radical (unpaired) electrons. The fourth-order valence-electron chi connectivity index (χ4n) is 6.03. The molecule has 4 atom stereocenters. The topological polar surface area (TPSA) is 94.1 Å². The number of hydrogen-bond acceptors (Lipinski definition) is 7. The Morgan fingerprint density at radius 1 is 1.12 bits per heavy atom. The third-order valence-electron chi connectivity index (χ3n) is 6.95. The lowest BCUT2D eigenvalue weighted by Crippen LogP contribution is -2.62. The SMILES string of the molecule is COC1=CC(=O)[C@@]2(CC[C@]34NCC[C@]23CC(=O)C(OC)=C4OC)[C@@H]1O. The minimum atomic E-state index is -1.07. The van der Waals surface area contributed by atoms with E-state index in [1.165, 1.54) is 27.4 Å². The van der Waals surface area contributed by atoms with E-state index in [0.717, 1.165) is 0 Å². The fraction of sp³-hybridized carbons (Fsp3) is 0.667. The molecule has 0 unspecified atom stereocenters. The zero-order valence-electron chi connectivity index (χ0n) is 14.7. The summed E-state index contributed by atoms with van der Waals surface area (Å²) in [6.07, 6.45) is 2.13. The van der Waals surface area contributed by atoms with Gasteiger partial charge in [-0.1, -0.05) is 0 Å². The first-order valence-corrected chi connectivity index (χ1v) is 8.53. The van der Waals surface area contributed by atoms with Crippen LogP contribution in [0.25, 0.3) is 0 Å². The molecule has 2 N–H and O–H groups in total. The molecular weight excluding hydrogens is 326 g/mol. The monoisotopic (exact) mass is 349 g/mol. The van der Waals surface area contributed by atoms with Crippen LogP contribution in [-0.2, 0) is 23.8 Å². The van der Waals surface area contributed by atoms with Gasteiger partial charge in [-0.15, -0.1) is 0 Å². The maximum absolute atomic E-state index is 13.1. The second kappa shape index (κ2) is 5.08. The van der Waals surface area contributed by atoms with E-state index in [2.05, 4.69) is 5.32 Å². The normalized spacial score (nSPS) is 42.6. The molecule has 0 aromatic rings. The van der Waals surface area contributed by atoms with E-state index < -0.39 is 22.5 Å². The van der Waals surface area contributed by atoms with Crippen molar-refractivity contribution in [3.05, 3.63) is 23.4 Å². The fourth-order valence-corrected chi connectivity index (χ4v) is 6.03. The van der Waals surface area contributed by atoms with Crippen LogP contribution in [0.15, 0.2) is 23.4 Å². The summed E-state index contributed by atoms with van der Waals surface area (Å²) in [4.78, 5) is 25.9. The van der Waals surface area contributed by atoms with Gasteiger partial charge in [-0.3, -0.25) is 9.59 Å². The number of hydrogen-bond donors (Lipinski definition) is 2. The molecule has 3 aliphatic carbocycles. The van der Waals surface area contributed by atoms with Gasteiger partial charge in [-0.25, -0.2) is 0 Å². The van der Waals surface area contributed by atoms with Gasteiger partial charge in [0, 0.05) is 17.9 Å². The standard InChI is InChI=1S/C18H23NO6/c1-23-11-8-12(21)17(14(11)22)4-5-18-15(25-3)13(24-2)10(20)9-16(17,18)6-7-19-18/h8,14,19,22H,4-7,9H2,1-3H3/t14-,16+,17+,18-/m1/s1. The molecule has 136 valence electrons. The van der Waals surface area contributed by atoms with Gasteiger partial charge in [0.2, 0.25) is 11.5 Å². The predicted octanol–water partition coefficient (Wildman–Crippen LogP) is 0.436. The molecule has 7 nitrogen and oxygen atoms in total. The van der Waals surface area contributed by atoms with Crippen LogP contribution in [-0.4, -0.2) is 56.2 Å². The van der Waals surface area contributed by atoms with E-state index >= 15 is 0 Å². The molecule has 25 heavy (non-hydrogen) atoms. The largest absolute Gasteiger partial charge is 0.498 e. The second-order valence-electron chi connectivity index (χ2n) is 7.32. The Morgan fingerprint density at radius 3 is 2.48 bits per heavy atom. The van der Waals surface area contributed by atoms with Crippen LogP contribution >= 0.6 is 0 Å². The number of aliphatic hydroxyl groups is 1. The number of Topliss-reactive ketones (excluding diaryl/α,β-unsaturated/α-hetero) is 1. The first kappa shape index (κ1) is 16.6. The number of nitrogens with one attached hydrogen (secondary N) is 1. The molecule has 1 aliphatic heterocycles. The number of ether oxygens (including phenoxy) is 3. The quantitative estimate of drug-likeness (QED) is 0.763. The molecular formula is C18H23NO6. The maximum atomic E-state index is 13.1. The van der Waals surface area contributed by atoms with Crippen molar-refractivity contribution in [3.8, 4) is 0 Å². The van der Waals surface area contributed by atoms with Gasteiger partial charge < -0.3 is 24.6 Å². The Morgan fingerprint density at radius 2 is 1.88 bits per heavy atom. The summed E-state index contributed by atoms with van der Waals surface area (Å²) < 4.78 is 16.2. The number of carbonyl (C=O) groups is 2. The highest BCUT2D eigenvalue weighted by Crippen LogP contribution is 2.71. The molecule has 0 bridgehead atoms. The minimum Gasteiger partial charge on any atom is -0.498 e. The molecule has 0 aromatic carbocycles.